The number of nitrogens with two attached hydrogens (primary N) is 1. The fourth-order valence-corrected chi connectivity index (χ4v) is 1.38. The van der Waals surface area contributed by atoms with Crippen LogP contribution in [-0.4, -0.2) is 17.4 Å². The zero-order valence-corrected chi connectivity index (χ0v) is 11.7. The summed E-state index contributed by atoms with van der Waals surface area (Å²) in [4.78, 5) is 12.1. The summed E-state index contributed by atoms with van der Waals surface area (Å²) in [5.74, 6) is -0.905. The molecule has 0 saturated heterocycles. The maximum absolute atomic E-state index is 12.9. The summed E-state index contributed by atoms with van der Waals surface area (Å²) < 4.78 is 12.9. The minimum absolute atomic E-state index is 0.0868. The van der Waals surface area contributed by atoms with Crippen molar-refractivity contribution in [2.45, 2.75) is 13.8 Å². The minimum atomic E-state index is -0.559. The van der Waals surface area contributed by atoms with E-state index in [2.05, 4.69) is 5.32 Å². The molecule has 0 radical (unpaired) electrons. The summed E-state index contributed by atoms with van der Waals surface area (Å²) in [6, 6.07) is 3.79. The number of halogens is 2. The lowest BCUT2D eigenvalue weighted by Crippen LogP contribution is -2.41. The fraction of sp³-hybridized carbons (Fsp3) is 0.333. The molecule has 0 aliphatic rings. The summed E-state index contributed by atoms with van der Waals surface area (Å²) in [5, 5.41) is 2.59. The number of nitrogens with one attached hydrogen (secondary N) is 1. The molecular formula is C12H14ClFN2OS. The Kier molecular flexibility index (Phi) is 4.65. The van der Waals surface area contributed by atoms with E-state index >= 15 is 0 Å². The highest BCUT2D eigenvalue weighted by Crippen LogP contribution is 2.17. The monoisotopic (exact) mass is 288 g/mol. The van der Waals surface area contributed by atoms with Gasteiger partial charge in [-0.15, -0.1) is 0 Å². The number of thiocarbonyl (C=S) groups is 1. The normalized spacial score (nSPS) is 11.1. The molecule has 0 fully saturated rings. The maximum Gasteiger partial charge on any atom is 0.251 e. The van der Waals surface area contributed by atoms with Crippen LogP contribution in [0, 0.1) is 11.2 Å². The van der Waals surface area contributed by atoms with Crippen molar-refractivity contribution in [3.05, 3.63) is 34.6 Å². The largest absolute Gasteiger partial charge is 0.393 e. The third kappa shape index (κ3) is 3.65. The van der Waals surface area contributed by atoms with Gasteiger partial charge in [0, 0.05) is 17.5 Å². The summed E-state index contributed by atoms with van der Waals surface area (Å²) in [7, 11) is 0. The highest BCUT2D eigenvalue weighted by molar-refractivity contribution is 7.80. The topological polar surface area (TPSA) is 55.1 Å². The average Bonchev–Trinajstić information content (AvgIpc) is 2.29. The van der Waals surface area contributed by atoms with Gasteiger partial charge in [-0.3, -0.25) is 4.79 Å². The van der Waals surface area contributed by atoms with Crippen LogP contribution in [0.2, 0.25) is 5.02 Å². The lowest BCUT2D eigenvalue weighted by Gasteiger charge is -2.23. The molecule has 1 rings (SSSR count). The standard InChI is InChI=1S/C12H14ClFN2OS/c1-12(2,11(15)18)6-16-10(17)7-3-4-9(14)8(13)5-7/h3-5H,6H2,1-2H3,(H2,15,18)(H,16,17). The van der Waals surface area contributed by atoms with Gasteiger partial charge in [0.2, 0.25) is 0 Å². The van der Waals surface area contributed by atoms with E-state index in [-0.39, 0.29) is 10.9 Å². The van der Waals surface area contributed by atoms with E-state index < -0.39 is 11.2 Å². The first-order valence-electron chi connectivity index (χ1n) is 5.27. The van der Waals surface area contributed by atoms with Crippen LogP contribution in [0.1, 0.15) is 24.2 Å². The average molecular weight is 289 g/mol. The van der Waals surface area contributed by atoms with Gasteiger partial charge in [-0.2, -0.15) is 0 Å². The Morgan fingerprint density at radius 1 is 1.56 bits per heavy atom. The quantitative estimate of drug-likeness (QED) is 0.837. The van der Waals surface area contributed by atoms with Crippen molar-refractivity contribution >= 4 is 34.7 Å². The van der Waals surface area contributed by atoms with Gasteiger partial charge in [-0.1, -0.05) is 37.7 Å². The second kappa shape index (κ2) is 5.63. The van der Waals surface area contributed by atoms with Gasteiger partial charge in [0.1, 0.15) is 5.82 Å². The number of amides is 1. The van der Waals surface area contributed by atoms with Crippen LogP contribution < -0.4 is 11.1 Å². The van der Waals surface area contributed by atoms with Crippen LogP contribution in [0.3, 0.4) is 0 Å². The number of carbonyl (C=O) groups excluding carboxylic acids is 1. The van der Waals surface area contributed by atoms with Crippen LogP contribution in [0.15, 0.2) is 18.2 Å². The molecule has 6 heteroatoms. The number of hydrogen-bond donors (Lipinski definition) is 2. The fourth-order valence-electron chi connectivity index (χ4n) is 1.13. The summed E-state index contributed by atoms with van der Waals surface area (Å²) in [6.45, 7) is 3.96. The second-order valence-corrected chi connectivity index (χ2v) is 5.41. The predicted molar refractivity (Wildman–Crippen MR) is 74.3 cm³/mol. The van der Waals surface area contributed by atoms with Crippen LogP contribution in [0.4, 0.5) is 4.39 Å². The minimum Gasteiger partial charge on any atom is -0.393 e. The highest BCUT2D eigenvalue weighted by atomic mass is 35.5. The molecule has 0 atom stereocenters. The Morgan fingerprint density at radius 2 is 2.17 bits per heavy atom. The smallest absolute Gasteiger partial charge is 0.251 e. The molecule has 3 N–H and O–H groups in total. The Labute approximate surface area is 115 Å². The molecular weight excluding hydrogens is 275 g/mol. The molecule has 1 aromatic carbocycles. The first-order valence-corrected chi connectivity index (χ1v) is 6.06. The van der Waals surface area contributed by atoms with Crippen LogP contribution >= 0.6 is 23.8 Å². The first-order chi connectivity index (χ1) is 8.24. The SMILES string of the molecule is CC(C)(CNC(=O)c1ccc(F)c(Cl)c1)C(N)=S. The van der Waals surface area contributed by atoms with Gasteiger partial charge in [-0.05, 0) is 18.2 Å². The number of carbonyl (C=O) groups is 1. The molecule has 0 unspecified atom stereocenters. The van der Waals surface area contributed by atoms with Gasteiger partial charge in [0.15, 0.2) is 0 Å². The van der Waals surface area contributed by atoms with Crippen molar-refractivity contribution in [3.8, 4) is 0 Å². The van der Waals surface area contributed by atoms with Crippen molar-refractivity contribution in [1.29, 1.82) is 0 Å². The third-order valence-electron chi connectivity index (χ3n) is 2.54. The van der Waals surface area contributed by atoms with Crippen molar-refractivity contribution in [2.24, 2.45) is 11.1 Å². The van der Waals surface area contributed by atoms with Crippen molar-refractivity contribution in [1.82, 2.24) is 5.32 Å². The summed E-state index contributed by atoms with van der Waals surface area (Å²) in [5.41, 5.74) is 5.36. The summed E-state index contributed by atoms with van der Waals surface area (Å²) in [6.07, 6.45) is 0. The van der Waals surface area contributed by atoms with E-state index in [0.717, 1.165) is 6.07 Å². The number of rotatable bonds is 4. The van der Waals surface area contributed by atoms with Crippen LogP contribution in [0.25, 0.3) is 0 Å². The molecule has 98 valence electrons. The van der Waals surface area contributed by atoms with Crippen molar-refractivity contribution in [3.63, 3.8) is 0 Å². The maximum atomic E-state index is 12.9. The van der Waals surface area contributed by atoms with Crippen LogP contribution in [0.5, 0.6) is 0 Å². The Balaban J connectivity index is 2.72. The highest BCUT2D eigenvalue weighted by Gasteiger charge is 2.22. The molecule has 0 heterocycles. The van der Waals surface area contributed by atoms with Gasteiger partial charge in [-0.25, -0.2) is 4.39 Å². The first kappa shape index (κ1) is 14.9. The molecule has 1 aromatic rings. The zero-order valence-electron chi connectivity index (χ0n) is 10.1. The Hall–Kier alpha value is -1.20. The lowest BCUT2D eigenvalue weighted by molar-refractivity contribution is 0.0945. The Morgan fingerprint density at radius 3 is 2.67 bits per heavy atom. The predicted octanol–water partition coefficient (Wildman–Crippen LogP) is 2.52. The molecule has 0 aliphatic carbocycles. The molecule has 0 aliphatic heterocycles. The zero-order chi connectivity index (χ0) is 13.9. The van der Waals surface area contributed by atoms with E-state index in [0.29, 0.717) is 17.1 Å². The number of benzene rings is 1. The van der Waals surface area contributed by atoms with E-state index in [4.69, 9.17) is 29.6 Å². The van der Waals surface area contributed by atoms with Gasteiger partial charge in [0.05, 0.1) is 10.0 Å². The van der Waals surface area contributed by atoms with E-state index in [1.54, 1.807) is 0 Å². The molecule has 0 spiro atoms. The number of hydrogen-bond acceptors (Lipinski definition) is 2. The Bertz CT molecular complexity index is 491. The van der Waals surface area contributed by atoms with Gasteiger partial charge in [0.25, 0.3) is 5.91 Å². The van der Waals surface area contributed by atoms with E-state index in [9.17, 15) is 9.18 Å². The molecule has 1 amide bonds. The second-order valence-electron chi connectivity index (χ2n) is 4.56. The molecule has 0 bridgehead atoms. The third-order valence-corrected chi connectivity index (χ3v) is 3.38. The van der Waals surface area contributed by atoms with Gasteiger partial charge >= 0.3 is 0 Å². The van der Waals surface area contributed by atoms with E-state index in [1.807, 2.05) is 13.8 Å². The van der Waals surface area contributed by atoms with Crippen LogP contribution in [-0.2, 0) is 0 Å². The van der Waals surface area contributed by atoms with Crippen molar-refractivity contribution in [2.75, 3.05) is 6.54 Å². The van der Waals surface area contributed by atoms with Crippen molar-refractivity contribution < 1.29 is 9.18 Å². The molecule has 3 nitrogen and oxygen atoms in total. The molecule has 0 aromatic heterocycles. The molecule has 18 heavy (non-hydrogen) atoms. The molecule has 0 saturated carbocycles. The lowest BCUT2D eigenvalue weighted by atomic mass is 9.93. The summed E-state index contributed by atoms with van der Waals surface area (Å²) >= 11 is 10.5. The van der Waals surface area contributed by atoms with Gasteiger partial charge < -0.3 is 11.1 Å². The van der Waals surface area contributed by atoms with E-state index in [1.165, 1.54) is 12.1 Å².